The minimum Gasteiger partial charge on any atom is -0.486 e. The Bertz CT molecular complexity index is 1420. The van der Waals surface area contributed by atoms with Gasteiger partial charge in [-0.15, -0.1) is 0 Å². The molecule has 1 aliphatic heterocycles. The first kappa shape index (κ1) is 22.0. The number of rotatable bonds is 6. The van der Waals surface area contributed by atoms with E-state index >= 15 is 0 Å². The molecule has 34 heavy (non-hydrogen) atoms. The summed E-state index contributed by atoms with van der Waals surface area (Å²) in [4.78, 5) is 15.1. The smallest absolute Gasteiger partial charge is 0.328 e. The van der Waals surface area contributed by atoms with Gasteiger partial charge in [-0.05, 0) is 75.9 Å². The molecular formula is C25H20BrN3O5. The van der Waals surface area contributed by atoms with Gasteiger partial charge in [-0.2, -0.15) is 0 Å². The second kappa shape index (κ2) is 9.18. The third-order valence-electron chi connectivity index (χ3n) is 5.40. The molecule has 4 aromatic rings. The van der Waals surface area contributed by atoms with E-state index in [1.165, 1.54) is 13.1 Å². The van der Waals surface area contributed by atoms with Gasteiger partial charge in [0, 0.05) is 10.7 Å². The van der Waals surface area contributed by atoms with Gasteiger partial charge in [-0.3, -0.25) is 4.99 Å². The highest BCUT2D eigenvalue weighted by Crippen LogP contribution is 2.40. The van der Waals surface area contributed by atoms with Gasteiger partial charge < -0.3 is 24.4 Å². The summed E-state index contributed by atoms with van der Waals surface area (Å²) in [5.41, 5.74) is 4.11. The molecule has 0 spiro atoms. The first-order chi connectivity index (χ1) is 16.5. The van der Waals surface area contributed by atoms with Crippen LogP contribution in [0.2, 0.25) is 0 Å². The lowest BCUT2D eigenvalue weighted by Crippen LogP contribution is -2.15. The molecule has 9 heteroatoms. The molecule has 1 aliphatic rings. The van der Waals surface area contributed by atoms with Crippen molar-refractivity contribution in [2.75, 3.05) is 18.5 Å². The molecule has 8 nitrogen and oxygen atoms in total. The summed E-state index contributed by atoms with van der Waals surface area (Å²) >= 11 is 3.72. The van der Waals surface area contributed by atoms with Crippen molar-refractivity contribution in [2.45, 2.75) is 13.0 Å². The van der Waals surface area contributed by atoms with Crippen molar-refractivity contribution >= 4 is 50.6 Å². The third kappa shape index (κ3) is 4.34. The average molecular weight is 522 g/mol. The Labute approximate surface area is 203 Å². The number of benzene rings is 3. The average Bonchev–Trinajstić information content (AvgIpc) is 3.25. The van der Waals surface area contributed by atoms with Gasteiger partial charge in [0.2, 0.25) is 0 Å². The van der Waals surface area contributed by atoms with Gasteiger partial charge in [-0.25, -0.2) is 4.79 Å². The Morgan fingerprint density at radius 1 is 1.15 bits per heavy atom. The molecular weight excluding hydrogens is 502 g/mol. The normalized spacial score (nSPS) is 13.8. The molecule has 0 amide bonds. The lowest BCUT2D eigenvalue weighted by atomic mass is 10.0. The lowest BCUT2D eigenvalue weighted by molar-refractivity contribution is -0.137. The number of aromatic nitrogens is 1. The van der Waals surface area contributed by atoms with E-state index in [1.807, 2.05) is 42.5 Å². The molecule has 0 saturated carbocycles. The number of halogens is 1. The number of hydrogen-bond donors (Lipinski definition) is 2. The summed E-state index contributed by atoms with van der Waals surface area (Å²) in [5.74, 6) is 1.03. The highest BCUT2D eigenvalue weighted by atomic mass is 79.9. The molecule has 2 heterocycles. The molecule has 172 valence electrons. The minimum atomic E-state index is -0.979. The van der Waals surface area contributed by atoms with Crippen LogP contribution in [0.5, 0.6) is 11.5 Å². The van der Waals surface area contributed by atoms with Crippen molar-refractivity contribution < 1.29 is 23.9 Å². The molecule has 3 aromatic carbocycles. The maximum atomic E-state index is 11.0. The van der Waals surface area contributed by atoms with Crippen molar-refractivity contribution in [3.8, 4) is 22.6 Å². The standard InChI is InChI=1S/C25H20BrN3O5/c1-14(25(30)31)27-13-15-5-7-20-18(11-15)24(29-34-20)28-19-4-2-3-17(23(19)26)16-6-8-21-22(12-16)33-10-9-32-21/h2-8,11-14H,9-10H2,1H3,(H,28,29)(H,30,31)/t14-/m0/s1. The summed E-state index contributed by atoms with van der Waals surface area (Å²) < 4.78 is 17.7. The Hall–Kier alpha value is -3.85. The van der Waals surface area contributed by atoms with E-state index < -0.39 is 12.0 Å². The Balaban J connectivity index is 1.45. The van der Waals surface area contributed by atoms with Crippen LogP contribution in [0.25, 0.3) is 22.1 Å². The van der Waals surface area contributed by atoms with Crippen LogP contribution in [-0.2, 0) is 4.79 Å². The second-order valence-electron chi connectivity index (χ2n) is 7.73. The van der Waals surface area contributed by atoms with Crippen LogP contribution in [0, 0.1) is 0 Å². The predicted octanol–water partition coefficient (Wildman–Crippen LogP) is 5.66. The molecule has 0 aliphatic carbocycles. The molecule has 0 saturated heterocycles. The van der Waals surface area contributed by atoms with Gasteiger partial charge in [0.25, 0.3) is 0 Å². The number of ether oxygens (including phenoxy) is 2. The van der Waals surface area contributed by atoms with Crippen molar-refractivity contribution in [1.82, 2.24) is 5.16 Å². The highest BCUT2D eigenvalue weighted by Gasteiger charge is 2.16. The Morgan fingerprint density at radius 3 is 2.79 bits per heavy atom. The zero-order chi connectivity index (χ0) is 23.7. The van der Waals surface area contributed by atoms with E-state index in [1.54, 1.807) is 12.1 Å². The Morgan fingerprint density at radius 2 is 1.97 bits per heavy atom. The first-order valence-corrected chi connectivity index (χ1v) is 11.4. The molecule has 0 fully saturated rings. The van der Waals surface area contributed by atoms with Crippen LogP contribution in [0.1, 0.15) is 12.5 Å². The van der Waals surface area contributed by atoms with Crippen LogP contribution < -0.4 is 14.8 Å². The maximum absolute atomic E-state index is 11.0. The van der Waals surface area contributed by atoms with Crippen molar-refractivity contribution in [2.24, 2.45) is 4.99 Å². The summed E-state index contributed by atoms with van der Waals surface area (Å²) in [6.45, 7) is 2.60. The van der Waals surface area contributed by atoms with Crippen LogP contribution >= 0.6 is 15.9 Å². The van der Waals surface area contributed by atoms with Gasteiger partial charge in [0.1, 0.15) is 19.3 Å². The molecule has 5 rings (SSSR count). The quantitative estimate of drug-likeness (QED) is 0.315. The van der Waals surface area contributed by atoms with Crippen molar-refractivity contribution in [1.29, 1.82) is 0 Å². The van der Waals surface area contributed by atoms with Crippen LogP contribution in [0.15, 0.2) is 68.6 Å². The van der Waals surface area contributed by atoms with Crippen molar-refractivity contribution in [3.63, 3.8) is 0 Å². The largest absolute Gasteiger partial charge is 0.486 e. The highest BCUT2D eigenvalue weighted by molar-refractivity contribution is 9.10. The van der Waals surface area contributed by atoms with E-state index in [9.17, 15) is 4.79 Å². The maximum Gasteiger partial charge on any atom is 0.328 e. The zero-order valence-corrected chi connectivity index (χ0v) is 19.7. The number of carboxylic acid groups (broad SMARTS) is 1. The summed E-state index contributed by atoms with van der Waals surface area (Å²) in [7, 11) is 0. The number of hydrogen-bond acceptors (Lipinski definition) is 7. The number of anilines is 2. The molecule has 1 aromatic heterocycles. The minimum absolute atomic E-state index is 0.528. The number of aliphatic carboxylic acids is 1. The van der Waals surface area contributed by atoms with E-state index in [0.717, 1.165) is 43.7 Å². The van der Waals surface area contributed by atoms with E-state index in [2.05, 4.69) is 31.4 Å². The third-order valence-corrected chi connectivity index (χ3v) is 6.26. The van der Waals surface area contributed by atoms with Gasteiger partial charge in [0.05, 0.1) is 11.1 Å². The van der Waals surface area contributed by atoms with Crippen LogP contribution in [0.4, 0.5) is 11.5 Å². The van der Waals surface area contributed by atoms with E-state index in [0.29, 0.717) is 24.6 Å². The zero-order valence-electron chi connectivity index (χ0n) is 18.1. The molecule has 1 atom stereocenters. The summed E-state index contributed by atoms with van der Waals surface area (Å²) in [6, 6.07) is 16.4. The number of carboxylic acids is 1. The number of fused-ring (bicyclic) bond motifs is 2. The predicted molar refractivity (Wildman–Crippen MR) is 133 cm³/mol. The number of nitrogens with one attached hydrogen (secondary N) is 1. The van der Waals surface area contributed by atoms with E-state index in [-0.39, 0.29) is 0 Å². The van der Waals surface area contributed by atoms with Gasteiger partial charge in [-0.1, -0.05) is 23.4 Å². The number of nitrogens with zero attached hydrogens (tertiary/aromatic N) is 2. The molecule has 0 bridgehead atoms. The fourth-order valence-corrected chi connectivity index (χ4v) is 4.17. The van der Waals surface area contributed by atoms with Crippen LogP contribution in [0.3, 0.4) is 0 Å². The van der Waals surface area contributed by atoms with Crippen LogP contribution in [-0.4, -0.2) is 41.7 Å². The summed E-state index contributed by atoms with van der Waals surface area (Å²) in [6.07, 6.45) is 1.54. The fourth-order valence-electron chi connectivity index (χ4n) is 3.58. The molecule has 0 unspecified atom stereocenters. The lowest BCUT2D eigenvalue weighted by Gasteiger charge is -2.19. The molecule has 2 N–H and O–H groups in total. The van der Waals surface area contributed by atoms with Crippen molar-refractivity contribution in [3.05, 3.63) is 64.6 Å². The number of carbonyl (C=O) groups is 1. The monoisotopic (exact) mass is 521 g/mol. The first-order valence-electron chi connectivity index (χ1n) is 10.6. The topological polar surface area (TPSA) is 106 Å². The SMILES string of the molecule is C[C@H](N=Cc1ccc2onc(Nc3cccc(-c4ccc5c(c4)OCCO5)c3Br)c2c1)C(=O)O. The second-order valence-corrected chi connectivity index (χ2v) is 8.52. The van der Waals surface area contributed by atoms with Gasteiger partial charge in [0.15, 0.2) is 22.9 Å². The Kier molecular flexibility index (Phi) is 5.93. The molecule has 0 radical (unpaired) electrons. The number of aliphatic imine (C=N–C) groups is 1. The van der Waals surface area contributed by atoms with E-state index in [4.69, 9.17) is 19.1 Å². The summed E-state index contributed by atoms with van der Waals surface area (Å²) in [5, 5.41) is 17.3. The van der Waals surface area contributed by atoms with Gasteiger partial charge >= 0.3 is 5.97 Å². The fraction of sp³-hybridized carbons (Fsp3) is 0.160.